The number of para-hydroxylation sites is 1. The zero-order valence-corrected chi connectivity index (χ0v) is 26.5. The Hall–Kier alpha value is -3.90. The average Bonchev–Trinajstić information content (AvgIpc) is 3.41. The van der Waals surface area contributed by atoms with Crippen molar-refractivity contribution in [1.82, 2.24) is 19.8 Å². The number of hydrogen-bond donors (Lipinski definition) is 2. The maximum absolute atomic E-state index is 13.4. The highest BCUT2D eigenvalue weighted by Crippen LogP contribution is 2.27. The van der Waals surface area contributed by atoms with E-state index in [2.05, 4.69) is 35.5 Å². The number of nitrogens with one attached hydrogen (secondary N) is 2. The molecule has 0 aliphatic heterocycles. The van der Waals surface area contributed by atoms with E-state index in [1.807, 2.05) is 64.1 Å². The average molecular weight is 634 g/mol. The van der Waals surface area contributed by atoms with Crippen LogP contribution in [-0.4, -0.2) is 38.1 Å². The number of benzene rings is 3. The first kappa shape index (κ1) is 32.0. The van der Waals surface area contributed by atoms with Crippen LogP contribution < -0.4 is 10.6 Å². The minimum atomic E-state index is -0.184. The van der Waals surface area contributed by atoms with Gasteiger partial charge in [-0.3, -0.25) is 4.79 Å². The number of imidazole rings is 1. The summed E-state index contributed by atoms with van der Waals surface area (Å²) in [7, 11) is 0. The van der Waals surface area contributed by atoms with Gasteiger partial charge in [0.1, 0.15) is 0 Å². The van der Waals surface area contributed by atoms with Crippen LogP contribution in [0.15, 0.2) is 85.3 Å². The third kappa shape index (κ3) is 9.55. The van der Waals surface area contributed by atoms with E-state index in [9.17, 15) is 4.79 Å². The van der Waals surface area contributed by atoms with Gasteiger partial charge in [-0.15, -0.1) is 0 Å². The Morgan fingerprint density at radius 3 is 2.51 bits per heavy atom. The first-order valence-corrected chi connectivity index (χ1v) is 15.2. The molecule has 0 aliphatic rings. The second-order valence-corrected chi connectivity index (χ2v) is 12.0. The summed E-state index contributed by atoms with van der Waals surface area (Å²) in [5, 5.41) is 17.1. The summed E-state index contributed by atoms with van der Waals surface area (Å²) in [6, 6.07) is 24.6. The minimum Gasteiger partial charge on any atom is -0.351 e. The summed E-state index contributed by atoms with van der Waals surface area (Å²) in [5.74, 6) is 0.231. The molecule has 0 bridgehead atoms. The van der Waals surface area contributed by atoms with Crippen molar-refractivity contribution >= 4 is 52.1 Å². The van der Waals surface area contributed by atoms with Gasteiger partial charge in [0.05, 0.1) is 34.4 Å². The van der Waals surface area contributed by atoms with E-state index >= 15 is 0 Å². The van der Waals surface area contributed by atoms with Crippen LogP contribution in [0.5, 0.6) is 0 Å². The van der Waals surface area contributed by atoms with Crippen LogP contribution in [0.1, 0.15) is 42.7 Å². The molecule has 1 amide bonds. The van der Waals surface area contributed by atoms with Crippen LogP contribution in [0.25, 0.3) is 0 Å². The highest BCUT2D eigenvalue weighted by molar-refractivity contribution is 7.80. The zero-order valence-electron chi connectivity index (χ0n) is 24.1. The van der Waals surface area contributed by atoms with E-state index in [1.54, 1.807) is 30.7 Å². The Kier molecular flexibility index (Phi) is 11.6. The number of aromatic nitrogens is 2. The molecule has 1 atom stereocenters. The molecular formula is C33H34Cl2N6OS. The highest BCUT2D eigenvalue weighted by atomic mass is 35.5. The largest absolute Gasteiger partial charge is 0.351 e. The quantitative estimate of drug-likeness (QED) is 0.162. The van der Waals surface area contributed by atoms with Gasteiger partial charge < -0.3 is 20.1 Å². The van der Waals surface area contributed by atoms with Crippen LogP contribution in [-0.2, 0) is 24.3 Å². The Morgan fingerprint density at radius 2 is 1.81 bits per heavy atom. The predicted octanol–water partition coefficient (Wildman–Crippen LogP) is 7.08. The van der Waals surface area contributed by atoms with Crippen LogP contribution >= 0.6 is 35.4 Å². The number of nitriles is 1. The van der Waals surface area contributed by atoms with Crippen LogP contribution in [0.4, 0.5) is 5.69 Å². The van der Waals surface area contributed by atoms with E-state index in [4.69, 9.17) is 40.7 Å². The summed E-state index contributed by atoms with van der Waals surface area (Å²) < 4.78 is 1.95. The van der Waals surface area contributed by atoms with Gasteiger partial charge in [-0.1, -0.05) is 79.5 Å². The standard InChI is InChI=1S/C33H34Cl2N6OS/c1-23(2)15-28(38-31(42)16-29-18-37-22-41(29)19-25-13-11-24(17-36)12-14-25)21-40(20-26-7-6-10-30(34)32(26)35)33(43)39-27-8-4-3-5-9-27/h3-14,18,22-23,28H,15-16,19-21H2,1-2H3,(H,38,42)(H,39,43)/t28-/m0/s1. The summed E-state index contributed by atoms with van der Waals surface area (Å²) >= 11 is 18.7. The molecule has 10 heteroatoms. The molecule has 2 N–H and O–H groups in total. The Bertz CT molecular complexity index is 1570. The van der Waals surface area contributed by atoms with E-state index in [0.717, 1.165) is 28.9 Å². The summed E-state index contributed by atoms with van der Waals surface area (Å²) in [6.07, 6.45) is 4.37. The topological polar surface area (TPSA) is 86.0 Å². The van der Waals surface area contributed by atoms with Crippen molar-refractivity contribution in [2.45, 2.75) is 45.8 Å². The van der Waals surface area contributed by atoms with Crippen molar-refractivity contribution in [3.8, 4) is 6.07 Å². The Morgan fingerprint density at radius 1 is 1.07 bits per heavy atom. The molecule has 4 rings (SSSR count). The lowest BCUT2D eigenvalue weighted by Crippen LogP contribution is -2.47. The molecule has 0 spiro atoms. The maximum atomic E-state index is 13.4. The van der Waals surface area contributed by atoms with Gasteiger partial charge in [0.25, 0.3) is 0 Å². The highest BCUT2D eigenvalue weighted by Gasteiger charge is 2.22. The molecule has 43 heavy (non-hydrogen) atoms. The number of halogens is 2. The lowest BCUT2D eigenvalue weighted by molar-refractivity contribution is -0.121. The fraction of sp³-hybridized carbons (Fsp3) is 0.273. The third-order valence-electron chi connectivity index (χ3n) is 6.84. The van der Waals surface area contributed by atoms with E-state index < -0.39 is 0 Å². The number of carbonyl (C=O) groups is 1. The summed E-state index contributed by atoms with van der Waals surface area (Å²) in [4.78, 5) is 19.7. The fourth-order valence-corrected chi connectivity index (χ4v) is 5.43. The molecular weight excluding hydrogens is 599 g/mol. The van der Waals surface area contributed by atoms with Crippen molar-refractivity contribution < 1.29 is 4.79 Å². The second kappa shape index (κ2) is 15.5. The molecule has 1 heterocycles. The van der Waals surface area contributed by atoms with Crippen molar-refractivity contribution in [2.24, 2.45) is 5.92 Å². The zero-order chi connectivity index (χ0) is 30.8. The number of amides is 1. The fourth-order valence-electron chi connectivity index (χ4n) is 4.80. The number of carbonyl (C=O) groups excluding carboxylic acids is 1. The predicted molar refractivity (Wildman–Crippen MR) is 177 cm³/mol. The maximum Gasteiger partial charge on any atom is 0.226 e. The molecule has 3 aromatic carbocycles. The molecule has 0 fully saturated rings. The third-order valence-corrected chi connectivity index (χ3v) is 8.06. The van der Waals surface area contributed by atoms with Crippen molar-refractivity contribution in [1.29, 1.82) is 5.26 Å². The molecule has 0 saturated heterocycles. The number of thiocarbonyl (C=S) groups is 1. The molecule has 0 saturated carbocycles. The van der Waals surface area contributed by atoms with Gasteiger partial charge in [0.15, 0.2) is 5.11 Å². The van der Waals surface area contributed by atoms with Gasteiger partial charge >= 0.3 is 0 Å². The van der Waals surface area contributed by atoms with Crippen molar-refractivity contribution in [2.75, 3.05) is 11.9 Å². The summed E-state index contributed by atoms with van der Waals surface area (Å²) in [5.41, 5.74) is 4.14. The molecule has 0 radical (unpaired) electrons. The lowest BCUT2D eigenvalue weighted by atomic mass is 10.0. The normalized spacial score (nSPS) is 11.5. The van der Waals surface area contributed by atoms with Crippen molar-refractivity contribution in [3.63, 3.8) is 0 Å². The Balaban J connectivity index is 1.49. The van der Waals surface area contributed by atoms with Gasteiger partial charge in [-0.25, -0.2) is 4.98 Å². The molecule has 1 aromatic heterocycles. The number of anilines is 1. The molecule has 4 aromatic rings. The molecule has 222 valence electrons. The lowest BCUT2D eigenvalue weighted by Gasteiger charge is -2.32. The second-order valence-electron chi connectivity index (χ2n) is 10.8. The van der Waals surface area contributed by atoms with Crippen LogP contribution in [0.2, 0.25) is 10.0 Å². The first-order valence-electron chi connectivity index (χ1n) is 14.0. The SMILES string of the molecule is CC(C)C[C@@H](CN(Cc1cccc(Cl)c1Cl)C(=S)Nc1ccccc1)NC(=O)Cc1cncn1Cc1ccc(C#N)cc1. The van der Waals surface area contributed by atoms with Gasteiger partial charge in [0.2, 0.25) is 5.91 Å². The van der Waals surface area contributed by atoms with Crippen LogP contribution in [0, 0.1) is 17.2 Å². The number of rotatable bonds is 12. The van der Waals surface area contributed by atoms with E-state index in [1.165, 1.54) is 0 Å². The monoisotopic (exact) mass is 632 g/mol. The number of nitrogens with zero attached hydrogens (tertiary/aromatic N) is 4. The minimum absolute atomic E-state index is 0.102. The summed E-state index contributed by atoms with van der Waals surface area (Å²) in [6.45, 7) is 5.70. The van der Waals surface area contributed by atoms with E-state index in [-0.39, 0.29) is 18.4 Å². The molecule has 7 nitrogen and oxygen atoms in total. The first-order chi connectivity index (χ1) is 20.7. The van der Waals surface area contributed by atoms with Crippen molar-refractivity contribution in [3.05, 3.63) is 118 Å². The number of hydrogen-bond acceptors (Lipinski definition) is 4. The molecule has 0 unspecified atom stereocenters. The molecule has 0 aliphatic carbocycles. The Labute approximate surface area is 268 Å². The van der Waals surface area contributed by atoms with Gasteiger partial charge in [0, 0.05) is 43.3 Å². The van der Waals surface area contributed by atoms with E-state index in [0.29, 0.717) is 46.3 Å². The van der Waals surface area contributed by atoms with Gasteiger partial charge in [-0.2, -0.15) is 5.26 Å². The van der Waals surface area contributed by atoms with Crippen LogP contribution in [0.3, 0.4) is 0 Å². The smallest absolute Gasteiger partial charge is 0.226 e. The van der Waals surface area contributed by atoms with Gasteiger partial charge in [-0.05, 0) is 66.0 Å².